The molecule has 0 aromatic heterocycles. The van der Waals surface area contributed by atoms with Crippen molar-refractivity contribution in [3.8, 4) is 28.7 Å². The van der Waals surface area contributed by atoms with Gasteiger partial charge in [0.05, 0.1) is 33.4 Å². The number of hydrogen-bond donors (Lipinski definition) is 1. The maximum atomic E-state index is 13.7. The molecule has 10 nitrogen and oxygen atoms in total. The number of hydrogen-bond acceptors (Lipinski definition) is 9. The molecule has 10 heteroatoms. The van der Waals surface area contributed by atoms with Gasteiger partial charge in [-0.3, -0.25) is 4.79 Å². The van der Waals surface area contributed by atoms with E-state index in [1.165, 1.54) is 21.3 Å². The number of nitrogens with zero attached hydrogens (tertiary/aromatic N) is 1. The number of carbonyl (C=O) groups is 2. The predicted molar refractivity (Wildman–Crippen MR) is 129 cm³/mol. The fourth-order valence-electron chi connectivity index (χ4n) is 4.70. The summed E-state index contributed by atoms with van der Waals surface area (Å²) in [6.45, 7) is 5.44. The van der Waals surface area contributed by atoms with Crippen LogP contribution >= 0.6 is 0 Å². The van der Waals surface area contributed by atoms with Gasteiger partial charge in [-0.15, -0.1) is 0 Å². The van der Waals surface area contributed by atoms with Gasteiger partial charge in [-0.2, -0.15) is 0 Å². The van der Waals surface area contributed by atoms with Crippen LogP contribution in [0.3, 0.4) is 0 Å². The van der Waals surface area contributed by atoms with Gasteiger partial charge < -0.3 is 33.7 Å². The number of amides is 2. The number of nitrogens with one attached hydrogen (secondary N) is 1. The highest BCUT2D eigenvalue weighted by atomic mass is 16.7. The van der Waals surface area contributed by atoms with Crippen LogP contribution in [-0.2, 0) is 9.53 Å². The third-order valence-corrected chi connectivity index (χ3v) is 6.18. The minimum atomic E-state index is -0.748. The Hall–Kier alpha value is -4.08. The van der Waals surface area contributed by atoms with Gasteiger partial charge in [0.15, 0.2) is 23.0 Å². The molecule has 190 valence electrons. The summed E-state index contributed by atoms with van der Waals surface area (Å²) in [4.78, 5) is 27.7. The standard InChI is InChI=1S/C26H28N2O8/c1-26(2,3)36-25(30)28-11-16-22(24(28)29)21(13-7-19(31-4)23(33-6)20(8-13)32-5)14-9-17-18(35-12-34-17)10-15(14)27-16/h7-10,21,27H,11-12H2,1-6H3. The Bertz CT molecular complexity index is 1270. The molecule has 2 aromatic rings. The van der Waals surface area contributed by atoms with Crippen molar-refractivity contribution in [1.29, 1.82) is 0 Å². The lowest BCUT2D eigenvalue weighted by Crippen LogP contribution is -2.39. The molecule has 3 heterocycles. The quantitative estimate of drug-likeness (QED) is 0.672. The zero-order valence-electron chi connectivity index (χ0n) is 21.0. The minimum Gasteiger partial charge on any atom is -0.493 e. The van der Waals surface area contributed by atoms with Crippen molar-refractivity contribution < 1.29 is 38.0 Å². The summed E-state index contributed by atoms with van der Waals surface area (Å²) >= 11 is 0. The van der Waals surface area contributed by atoms with Gasteiger partial charge in [0.2, 0.25) is 12.5 Å². The predicted octanol–water partition coefficient (Wildman–Crippen LogP) is 4.03. The molecule has 3 aliphatic rings. The van der Waals surface area contributed by atoms with Gasteiger partial charge in [0.1, 0.15) is 5.60 Å². The normalized spacial score (nSPS) is 17.9. The number of ether oxygens (including phenoxy) is 6. The summed E-state index contributed by atoms with van der Waals surface area (Å²) in [5.74, 6) is 1.52. The number of imide groups is 1. The monoisotopic (exact) mass is 496 g/mol. The second-order valence-corrected chi connectivity index (χ2v) is 9.57. The second kappa shape index (κ2) is 8.54. The number of fused-ring (bicyclic) bond motifs is 2. The first kappa shape index (κ1) is 23.7. The molecule has 1 N–H and O–H groups in total. The first-order valence-corrected chi connectivity index (χ1v) is 11.4. The van der Waals surface area contributed by atoms with Crippen LogP contribution in [0.25, 0.3) is 0 Å². The summed E-state index contributed by atoms with van der Waals surface area (Å²) in [5.41, 5.74) is 2.54. The first-order valence-electron chi connectivity index (χ1n) is 11.4. The van der Waals surface area contributed by atoms with Gasteiger partial charge in [-0.1, -0.05) is 0 Å². The average molecular weight is 497 g/mol. The fraction of sp³-hybridized carbons (Fsp3) is 0.385. The van der Waals surface area contributed by atoms with Crippen molar-refractivity contribution in [2.75, 3.05) is 40.0 Å². The third kappa shape index (κ3) is 3.82. The summed E-state index contributed by atoms with van der Waals surface area (Å²) in [6.07, 6.45) is -0.703. The molecule has 0 bridgehead atoms. The van der Waals surface area contributed by atoms with Gasteiger partial charge >= 0.3 is 6.09 Å². The lowest BCUT2D eigenvalue weighted by Gasteiger charge is -2.29. The van der Waals surface area contributed by atoms with E-state index in [0.29, 0.717) is 40.0 Å². The topological polar surface area (TPSA) is 105 Å². The van der Waals surface area contributed by atoms with Gasteiger partial charge in [0, 0.05) is 23.4 Å². The number of rotatable bonds is 4. The van der Waals surface area contributed by atoms with E-state index in [-0.39, 0.29) is 13.3 Å². The highest BCUT2D eigenvalue weighted by molar-refractivity contribution is 6.08. The number of anilines is 1. The molecule has 1 unspecified atom stereocenters. The molecule has 2 amide bonds. The van der Waals surface area contributed by atoms with Crippen LogP contribution in [0, 0.1) is 0 Å². The molecule has 0 radical (unpaired) electrons. The second-order valence-electron chi connectivity index (χ2n) is 9.57. The van der Waals surface area contributed by atoms with Gasteiger partial charge in [-0.05, 0) is 50.1 Å². The third-order valence-electron chi connectivity index (χ3n) is 6.18. The highest BCUT2D eigenvalue weighted by Gasteiger charge is 2.45. The molecule has 0 saturated heterocycles. The van der Waals surface area contributed by atoms with E-state index in [0.717, 1.165) is 21.7 Å². The van der Waals surface area contributed by atoms with Crippen molar-refractivity contribution in [2.45, 2.75) is 32.3 Å². The van der Waals surface area contributed by atoms with Crippen molar-refractivity contribution in [2.24, 2.45) is 0 Å². The van der Waals surface area contributed by atoms with Crippen molar-refractivity contribution in [3.05, 3.63) is 46.7 Å². The number of methoxy groups -OCH3 is 3. The molecule has 1 atom stereocenters. The Kier molecular flexibility index (Phi) is 5.61. The van der Waals surface area contributed by atoms with Gasteiger partial charge in [0.25, 0.3) is 5.91 Å². The van der Waals surface area contributed by atoms with Crippen LogP contribution in [-0.4, -0.2) is 57.2 Å². The van der Waals surface area contributed by atoms with Crippen LogP contribution in [0.1, 0.15) is 37.8 Å². The average Bonchev–Trinajstić information content (AvgIpc) is 3.42. The Morgan fingerprint density at radius 2 is 1.64 bits per heavy atom. The summed E-state index contributed by atoms with van der Waals surface area (Å²) in [6, 6.07) is 7.30. The van der Waals surface area contributed by atoms with E-state index in [4.69, 9.17) is 28.4 Å². The number of carbonyl (C=O) groups excluding carboxylic acids is 2. The summed E-state index contributed by atoms with van der Waals surface area (Å²) in [7, 11) is 4.59. The largest absolute Gasteiger partial charge is 0.493 e. The molecule has 0 aliphatic carbocycles. The molecular weight excluding hydrogens is 468 g/mol. The Morgan fingerprint density at radius 3 is 2.22 bits per heavy atom. The van der Waals surface area contributed by atoms with Crippen LogP contribution < -0.4 is 29.0 Å². The summed E-state index contributed by atoms with van der Waals surface area (Å²) < 4.78 is 33.3. The van der Waals surface area contributed by atoms with Crippen LogP contribution in [0.5, 0.6) is 28.7 Å². The van der Waals surface area contributed by atoms with Crippen LogP contribution in [0.4, 0.5) is 10.5 Å². The minimum absolute atomic E-state index is 0.0535. The molecular formula is C26H28N2O8. The van der Waals surface area contributed by atoms with E-state index < -0.39 is 23.5 Å². The smallest absolute Gasteiger partial charge is 0.417 e. The molecule has 0 saturated carbocycles. The van der Waals surface area contributed by atoms with E-state index in [2.05, 4.69) is 5.32 Å². The molecule has 36 heavy (non-hydrogen) atoms. The molecule has 2 aromatic carbocycles. The first-order chi connectivity index (χ1) is 17.1. The van der Waals surface area contributed by atoms with E-state index in [1.54, 1.807) is 32.9 Å². The zero-order valence-corrected chi connectivity index (χ0v) is 21.0. The lowest BCUT2D eigenvalue weighted by molar-refractivity contribution is -0.125. The molecule has 0 fully saturated rings. The zero-order chi connectivity index (χ0) is 25.8. The number of benzene rings is 2. The van der Waals surface area contributed by atoms with E-state index in [9.17, 15) is 9.59 Å². The van der Waals surface area contributed by atoms with Crippen molar-refractivity contribution in [1.82, 2.24) is 4.90 Å². The van der Waals surface area contributed by atoms with Crippen LogP contribution in [0.15, 0.2) is 35.5 Å². The SMILES string of the molecule is COc1cc(C2C3=C(CN(C(=O)OC(C)(C)C)C3=O)Nc3cc4c(cc32)OCO4)cc(OC)c1OC. The Labute approximate surface area is 208 Å². The molecule has 5 rings (SSSR count). The molecule has 3 aliphatic heterocycles. The van der Waals surface area contributed by atoms with Crippen molar-refractivity contribution in [3.63, 3.8) is 0 Å². The van der Waals surface area contributed by atoms with Crippen LogP contribution in [0.2, 0.25) is 0 Å². The lowest BCUT2D eigenvalue weighted by atomic mass is 9.80. The summed E-state index contributed by atoms with van der Waals surface area (Å²) in [5, 5.41) is 3.33. The maximum Gasteiger partial charge on any atom is 0.417 e. The van der Waals surface area contributed by atoms with Crippen molar-refractivity contribution >= 4 is 17.7 Å². The molecule has 0 spiro atoms. The fourth-order valence-corrected chi connectivity index (χ4v) is 4.70. The van der Waals surface area contributed by atoms with Gasteiger partial charge in [-0.25, -0.2) is 9.69 Å². The Morgan fingerprint density at radius 1 is 1.00 bits per heavy atom. The highest BCUT2D eigenvalue weighted by Crippen LogP contribution is 2.51. The maximum absolute atomic E-state index is 13.7. The van der Waals surface area contributed by atoms with E-state index >= 15 is 0 Å². The van der Waals surface area contributed by atoms with E-state index in [1.807, 2.05) is 12.1 Å². The Balaban J connectivity index is 1.66.